The van der Waals surface area contributed by atoms with Gasteiger partial charge in [-0.15, -0.1) is 21.5 Å². The topological polar surface area (TPSA) is 55.6 Å². The predicted octanol–water partition coefficient (Wildman–Crippen LogP) is 2.87. The number of benzene rings is 1. The zero-order valence-electron chi connectivity index (χ0n) is 10.8. The first-order valence-corrected chi connectivity index (χ1v) is 7.65. The molecule has 1 aliphatic heterocycles. The maximum Gasteiger partial charge on any atom is 0.193 e. The highest BCUT2D eigenvalue weighted by molar-refractivity contribution is 7.21. The van der Waals surface area contributed by atoms with Crippen LogP contribution in [0.1, 0.15) is 18.8 Å². The van der Waals surface area contributed by atoms with Crippen molar-refractivity contribution < 1.29 is 0 Å². The smallest absolute Gasteiger partial charge is 0.193 e. The van der Waals surface area contributed by atoms with Gasteiger partial charge < -0.3 is 9.88 Å². The van der Waals surface area contributed by atoms with Gasteiger partial charge in [-0.2, -0.15) is 0 Å². The number of nitrogens with one attached hydrogen (secondary N) is 1. The fourth-order valence-corrected chi connectivity index (χ4v) is 3.73. The lowest BCUT2D eigenvalue weighted by molar-refractivity contribution is 0.439. The molecule has 2 aromatic heterocycles. The van der Waals surface area contributed by atoms with Crippen LogP contribution in [0.2, 0.25) is 5.02 Å². The molecule has 1 aliphatic rings. The van der Waals surface area contributed by atoms with Gasteiger partial charge in [-0.1, -0.05) is 11.6 Å². The van der Waals surface area contributed by atoms with Crippen LogP contribution in [0.3, 0.4) is 0 Å². The molecule has 1 N–H and O–H groups in total. The van der Waals surface area contributed by atoms with Crippen LogP contribution in [-0.4, -0.2) is 26.3 Å². The summed E-state index contributed by atoms with van der Waals surface area (Å²) in [5.41, 5.74) is 0.953. The van der Waals surface area contributed by atoms with Crippen molar-refractivity contribution in [3.63, 3.8) is 0 Å². The van der Waals surface area contributed by atoms with E-state index in [0.717, 1.165) is 45.0 Å². The van der Waals surface area contributed by atoms with E-state index in [-0.39, 0.29) is 6.04 Å². The molecule has 3 aromatic rings. The second kappa shape index (κ2) is 4.51. The summed E-state index contributed by atoms with van der Waals surface area (Å²) in [5.74, 6) is 1.83. The standard InChI is InChI=1S/C13H12ClN5S/c1-7-11-17-18-12(19(11)5-4-15-7)13-16-9-3-2-8(14)6-10(9)20-13/h2-3,6-7,15H,4-5H2,1H3. The molecule has 0 saturated carbocycles. The summed E-state index contributed by atoms with van der Waals surface area (Å²) in [5, 5.41) is 13.6. The Hall–Kier alpha value is -1.50. The average Bonchev–Trinajstić information content (AvgIpc) is 3.01. The second-order valence-electron chi connectivity index (χ2n) is 4.84. The molecule has 0 amide bonds. The van der Waals surface area contributed by atoms with Gasteiger partial charge >= 0.3 is 0 Å². The second-order valence-corrected chi connectivity index (χ2v) is 6.31. The molecule has 1 atom stereocenters. The Labute approximate surface area is 124 Å². The Morgan fingerprint density at radius 3 is 3.20 bits per heavy atom. The number of hydrogen-bond acceptors (Lipinski definition) is 5. The van der Waals surface area contributed by atoms with Gasteiger partial charge in [-0.25, -0.2) is 4.98 Å². The van der Waals surface area contributed by atoms with Crippen LogP contribution >= 0.6 is 22.9 Å². The van der Waals surface area contributed by atoms with E-state index >= 15 is 0 Å². The van der Waals surface area contributed by atoms with Gasteiger partial charge in [0.1, 0.15) is 5.82 Å². The number of rotatable bonds is 1. The van der Waals surface area contributed by atoms with Gasteiger partial charge in [0.05, 0.1) is 16.3 Å². The molecule has 1 unspecified atom stereocenters. The van der Waals surface area contributed by atoms with Crippen LogP contribution in [0.15, 0.2) is 18.2 Å². The molecule has 5 nitrogen and oxygen atoms in total. The molecule has 7 heteroatoms. The fourth-order valence-electron chi connectivity index (χ4n) is 2.49. The van der Waals surface area contributed by atoms with E-state index in [1.165, 1.54) is 0 Å². The van der Waals surface area contributed by atoms with E-state index < -0.39 is 0 Å². The lowest BCUT2D eigenvalue weighted by Crippen LogP contribution is -2.32. The summed E-state index contributed by atoms with van der Waals surface area (Å²) >= 11 is 7.63. The normalized spacial score (nSPS) is 18.4. The van der Waals surface area contributed by atoms with E-state index in [2.05, 4.69) is 32.0 Å². The zero-order chi connectivity index (χ0) is 13.7. The highest BCUT2D eigenvalue weighted by Crippen LogP contribution is 2.32. The van der Waals surface area contributed by atoms with Gasteiger partial charge in [0.2, 0.25) is 0 Å². The molecule has 4 rings (SSSR count). The van der Waals surface area contributed by atoms with E-state index in [1.807, 2.05) is 18.2 Å². The van der Waals surface area contributed by atoms with E-state index in [9.17, 15) is 0 Å². The van der Waals surface area contributed by atoms with Gasteiger partial charge in [-0.05, 0) is 25.1 Å². The van der Waals surface area contributed by atoms with Crippen molar-refractivity contribution in [1.82, 2.24) is 25.1 Å². The third kappa shape index (κ3) is 1.83. The molecule has 0 radical (unpaired) electrons. The number of aromatic nitrogens is 4. The molecule has 0 bridgehead atoms. The Morgan fingerprint density at radius 1 is 1.40 bits per heavy atom. The summed E-state index contributed by atoms with van der Waals surface area (Å²) in [4.78, 5) is 4.65. The summed E-state index contributed by atoms with van der Waals surface area (Å²) < 4.78 is 3.23. The van der Waals surface area contributed by atoms with Crippen LogP contribution in [0.25, 0.3) is 21.0 Å². The van der Waals surface area contributed by atoms with Crippen LogP contribution in [0, 0.1) is 0 Å². The van der Waals surface area contributed by atoms with Crippen LogP contribution < -0.4 is 5.32 Å². The zero-order valence-corrected chi connectivity index (χ0v) is 12.4. The molecule has 102 valence electrons. The summed E-state index contributed by atoms with van der Waals surface area (Å²) in [6.45, 7) is 3.90. The monoisotopic (exact) mass is 305 g/mol. The van der Waals surface area contributed by atoms with Crippen molar-refractivity contribution in [2.75, 3.05) is 6.54 Å². The molecular formula is C13H12ClN5S. The largest absolute Gasteiger partial charge is 0.306 e. The van der Waals surface area contributed by atoms with Gasteiger partial charge in [0.15, 0.2) is 10.8 Å². The van der Waals surface area contributed by atoms with Gasteiger partial charge in [0.25, 0.3) is 0 Å². The van der Waals surface area contributed by atoms with E-state index in [1.54, 1.807) is 11.3 Å². The SMILES string of the molecule is CC1NCCn2c(-c3nc4ccc(Cl)cc4s3)nnc21. The number of halogens is 1. The number of nitrogens with zero attached hydrogens (tertiary/aromatic N) is 4. The minimum atomic E-state index is 0.230. The maximum absolute atomic E-state index is 6.02. The van der Waals surface area contributed by atoms with Crippen LogP contribution in [0.5, 0.6) is 0 Å². The quantitative estimate of drug-likeness (QED) is 0.751. The first-order valence-electron chi connectivity index (χ1n) is 6.45. The highest BCUT2D eigenvalue weighted by Gasteiger charge is 2.23. The minimum Gasteiger partial charge on any atom is -0.306 e. The van der Waals surface area contributed by atoms with Gasteiger partial charge in [-0.3, -0.25) is 0 Å². The third-order valence-corrected chi connectivity index (χ3v) is 4.74. The number of fused-ring (bicyclic) bond motifs is 2. The first kappa shape index (κ1) is 12.3. The van der Waals surface area contributed by atoms with E-state index in [4.69, 9.17) is 11.6 Å². The number of thiazole rings is 1. The molecule has 1 aromatic carbocycles. The van der Waals surface area contributed by atoms with Crippen LogP contribution in [-0.2, 0) is 6.54 Å². The molecule has 0 fully saturated rings. The highest BCUT2D eigenvalue weighted by atomic mass is 35.5. The summed E-state index contributed by atoms with van der Waals surface area (Å²) in [7, 11) is 0. The Kier molecular flexibility index (Phi) is 2.76. The summed E-state index contributed by atoms with van der Waals surface area (Å²) in [6.07, 6.45) is 0. The Bertz CT molecular complexity index is 793. The fraction of sp³-hybridized carbons (Fsp3) is 0.308. The van der Waals surface area contributed by atoms with Crippen molar-refractivity contribution in [3.05, 3.63) is 29.0 Å². The Morgan fingerprint density at radius 2 is 2.30 bits per heavy atom. The first-order chi connectivity index (χ1) is 9.72. The summed E-state index contributed by atoms with van der Waals surface area (Å²) in [6, 6.07) is 5.97. The van der Waals surface area contributed by atoms with Crippen molar-refractivity contribution in [2.24, 2.45) is 0 Å². The van der Waals surface area contributed by atoms with Crippen molar-refractivity contribution in [2.45, 2.75) is 19.5 Å². The van der Waals surface area contributed by atoms with Crippen molar-refractivity contribution >= 4 is 33.2 Å². The Balaban J connectivity index is 1.87. The molecule has 20 heavy (non-hydrogen) atoms. The predicted molar refractivity (Wildman–Crippen MR) is 80.1 cm³/mol. The lowest BCUT2D eigenvalue weighted by atomic mass is 10.2. The maximum atomic E-state index is 6.02. The number of hydrogen-bond donors (Lipinski definition) is 1. The van der Waals surface area contributed by atoms with Gasteiger partial charge in [0, 0.05) is 18.1 Å². The average molecular weight is 306 g/mol. The minimum absolute atomic E-state index is 0.230. The van der Waals surface area contributed by atoms with Crippen molar-refractivity contribution in [1.29, 1.82) is 0 Å². The van der Waals surface area contributed by atoms with Crippen molar-refractivity contribution in [3.8, 4) is 10.8 Å². The molecule has 0 aliphatic carbocycles. The lowest BCUT2D eigenvalue weighted by Gasteiger charge is -2.21. The molecule has 0 spiro atoms. The van der Waals surface area contributed by atoms with Crippen LogP contribution in [0.4, 0.5) is 0 Å². The third-order valence-electron chi connectivity index (χ3n) is 3.49. The van der Waals surface area contributed by atoms with E-state index in [0.29, 0.717) is 0 Å². The molecular weight excluding hydrogens is 294 g/mol. The molecule has 0 saturated heterocycles. The molecule has 3 heterocycles.